The van der Waals surface area contributed by atoms with Gasteiger partial charge in [-0.15, -0.1) is 0 Å². The van der Waals surface area contributed by atoms with Gasteiger partial charge in [-0.2, -0.15) is 0 Å². The summed E-state index contributed by atoms with van der Waals surface area (Å²) in [6.45, 7) is 4.87. The lowest BCUT2D eigenvalue weighted by atomic mass is 9.91. The van der Waals surface area contributed by atoms with E-state index >= 15 is 0 Å². The highest BCUT2D eigenvalue weighted by Gasteiger charge is 2.24. The monoisotopic (exact) mass is 365 g/mol. The maximum atomic E-state index is 12.6. The molecular formula is C22H27N3O2. The van der Waals surface area contributed by atoms with E-state index in [0.717, 1.165) is 41.1 Å². The van der Waals surface area contributed by atoms with Gasteiger partial charge in [-0.25, -0.2) is 4.98 Å². The first kappa shape index (κ1) is 19.0. The minimum Gasteiger partial charge on any atom is -0.496 e. The zero-order valence-electron chi connectivity index (χ0n) is 16.2. The Labute approximate surface area is 160 Å². The standard InChI is InChI=1S/C22H27N3O2/c1-4-5-11-23-22(26)14-18(17-8-6-7-9-20(17)27-3)19-15-24-21-13-16(2)10-12-25(19)21/h6-10,12-13,15,18H,4-5,11,14H2,1-3H3,(H,23,26)/t18-/m1/s1. The van der Waals surface area contributed by atoms with Crippen molar-refractivity contribution in [1.82, 2.24) is 14.7 Å². The van der Waals surface area contributed by atoms with Crippen molar-refractivity contribution >= 4 is 11.6 Å². The first-order chi connectivity index (χ1) is 13.1. The van der Waals surface area contributed by atoms with Crippen molar-refractivity contribution in [3.8, 4) is 5.75 Å². The number of pyridine rings is 1. The molecular weight excluding hydrogens is 338 g/mol. The normalized spacial score (nSPS) is 12.1. The summed E-state index contributed by atoms with van der Waals surface area (Å²) >= 11 is 0. The molecule has 2 aromatic heterocycles. The first-order valence-corrected chi connectivity index (χ1v) is 9.47. The minimum atomic E-state index is -0.138. The summed E-state index contributed by atoms with van der Waals surface area (Å²) < 4.78 is 7.63. The number of nitrogens with zero attached hydrogens (tertiary/aromatic N) is 2. The van der Waals surface area contributed by atoms with Crippen LogP contribution in [0.4, 0.5) is 0 Å². The number of amides is 1. The Kier molecular flexibility index (Phi) is 6.12. The predicted molar refractivity (Wildman–Crippen MR) is 107 cm³/mol. The van der Waals surface area contributed by atoms with E-state index in [0.29, 0.717) is 13.0 Å². The highest BCUT2D eigenvalue weighted by Crippen LogP contribution is 2.34. The average molecular weight is 365 g/mol. The Morgan fingerprint density at radius 2 is 2.11 bits per heavy atom. The summed E-state index contributed by atoms with van der Waals surface area (Å²) in [5.74, 6) is 0.688. The molecule has 5 nitrogen and oxygen atoms in total. The van der Waals surface area contributed by atoms with Crippen LogP contribution in [0.15, 0.2) is 48.8 Å². The number of carbonyl (C=O) groups excluding carboxylic acids is 1. The number of nitrogens with one attached hydrogen (secondary N) is 1. The molecule has 0 aliphatic carbocycles. The molecule has 0 unspecified atom stereocenters. The van der Waals surface area contributed by atoms with Crippen LogP contribution in [-0.4, -0.2) is 28.9 Å². The van der Waals surface area contributed by atoms with Crippen molar-refractivity contribution in [1.29, 1.82) is 0 Å². The van der Waals surface area contributed by atoms with Crippen LogP contribution in [0.2, 0.25) is 0 Å². The van der Waals surface area contributed by atoms with E-state index in [4.69, 9.17) is 4.74 Å². The van der Waals surface area contributed by atoms with E-state index in [9.17, 15) is 4.79 Å². The number of imidazole rings is 1. The number of para-hydroxylation sites is 1. The number of fused-ring (bicyclic) bond motifs is 1. The van der Waals surface area contributed by atoms with Crippen molar-refractivity contribution in [3.63, 3.8) is 0 Å². The van der Waals surface area contributed by atoms with Crippen LogP contribution in [0.5, 0.6) is 5.75 Å². The Balaban J connectivity index is 2.00. The van der Waals surface area contributed by atoms with Crippen molar-refractivity contribution < 1.29 is 9.53 Å². The van der Waals surface area contributed by atoms with E-state index in [-0.39, 0.29) is 11.8 Å². The third-order valence-corrected chi connectivity index (χ3v) is 4.81. The summed E-state index contributed by atoms with van der Waals surface area (Å²) in [5, 5.41) is 3.03. The van der Waals surface area contributed by atoms with Crippen LogP contribution in [-0.2, 0) is 4.79 Å². The highest BCUT2D eigenvalue weighted by molar-refractivity contribution is 5.77. The molecule has 0 aliphatic heterocycles. The Hall–Kier alpha value is -2.82. The molecule has 0 bridgehead atoms. The second kappa shape index (κ2) is 8.71. The van der Waals surface area contributed by atoms with Crippen molar-refractivity contribution in [3.05, 3.63) is 65.6 Å². The zero-order chi connectivity index (χ0) is 19.2. The highest BCUT2D eigenvalue weighted by atomic mass is 16.5. The lowest BCUT2D eigenvalue weighted by Crippen LogP contribution is -2.26. The zero-order valence-corrected chi connectivity index (χ0v) is 16.2. The van der Waals surface area contributed by atoms with E-state index in [1.165, 1.54) is 0 Å². The number of ether oxygens (including phenoxy) is 1. The van der Waals surface area contributed by atoms with Gasteiger partial charge in [0.1, 0.15) is 11.4 Å². The summed E-state index contributed by atoms with van der Waals surface area (Å²) in [6, 6.07) is 12.0. The number of carbonyl (C=O) groups is 1. The number of hydrogen-bond acceptors (Lipinski definition) is 3. The molecule has 0 fully saturated rings. The lowest BCUT2D eigenvalue weighted by Gasteiger charge is -2.20. The summed E-state index contributed by atoms with van der Waals surface area (Å²) in [6.07, 6.45) is 6.28. The van der Waals surface area contributed by atoms with Crippen LogP contribution >= 0.6 is 0 Å². The molecule has 0 aliphatic rings. The molecule has 0 saturated heterocycles. The maximum absolute atomic E-state index is 12.6. The molecule has 3 rings (SSSR count). The fourth-order valence-electron chi connectivity index (χ4n) is 3.35. The number of benzene rings is 1. The molecule has 2 heterocycles. The van der Waals surface area contributed by atoms with E-state index in [2.05, 4.69) is 27.7 Å². The van der Waals surface area contributed by atoms with Crippen LogP contribution in [0.3, 0.4) is 0 Å². The van der Waals surface area contributed by atoms with Gasteiger partial charge in [-0.3, -0.25) is 4.79 Å². The lowest BCUT2D eigenvalue weighted by molar-refractivity contribution is -0.121. The molecule has 0 radical (unpaired) electrons. The van der Waals surface area contributed by atoms with Crippen LogP contribution in [0.25, 0.3) is 5.65 Å². The second-order valence-corrected chi connectivity index (χ2v) is 6.82. The van der Waals surface area contributed by atoms with Gasteiger partial charge in [0.2, 0.25) is 5.91 Å². The Morgan fingerprint density at radius 1 is 1.30 bits per heavy atom. The molecule has 142 valence electrons. The van der Waals surface area contributed by atoms with E-state index < -0.39 is 0 Å². The number of unbranched alkanes of at least 4 members (excludes halogenated alkanes) is 1. The van der Waals surface area contributed by atoms with Crippen LogP contribution < -0.4 is 10.1 Å². The molecule has 1 atom stereocenters. The molecule has 1 amide bonds. The van der Waals surface area contributed by atoms with Gasteiger partial charge in [0, 0.05) is 36.8 Å². The molecule has 1 N–H and O–H groups in total. The molecule has 3 aromatic rings. The van der Waals surface area contributed by atoms with Crippen LogP contribution in [0, 0.1) is 6.92 Å². The number of aromatic nitrogens is 2. The van der Waals surface area contributed by atoms with Gasteiger partial charge in [-0.05, 0) is 37.1 Å². The van der Waals surface area contributed by atoms with Crippen LogP contribution in [0.1, 0.15) is 48.9 Å². The average Bonchev–Trinajstić information content (AvgIpc) is 3.09. The van der Waals surface area contributed by atoms with Crippen molar-refractivity contribution in [2.24, 2.45) is 0 Å². The molecule has 27 heavy (non-hydrogen) atoms. The molecule has 0 saturated carbocycles. The third-order valence-electron chi connectivity index (χ3n) is 4.81. The maximum Gasteiger partial charge on any atom is 0.221 e. The number of aryl methyl sites for hydroxylation is 1. The predicted octanol–water partition coefficient (Wildman–Crippen LogP) is 4.09. The van der Waals surface area contributed by atoms with E-state index in [1.807, 2.05) is 49.6 Å². The number of rotatable bonds is 8. The largest absolute Gasteiger partial charge is 0.496 e. The SMILES string of the molecule is CCCCNC(=O)C[C@H](c1ccccc1OC)c1cnc2cc(C)ccn12. The molecule has 5 heteroatoms. The Morgan fingerprint density at radius 3 is 2.89 bits per heavy atom. The topological polar surface area (TPSA) is 55.6 Å². The molecule has 1 aromatic carbocycles. The summed E-state index contributed by atoms with van der Waals surface area (Å²) in [4.78, 5) is 17.2. The quantitative estimate of drug-likeness (QED) is 0.612. The van der Waals surface area contributed by atoms with Gasteiger partial charge >= 0.3 is 0 Å². The fourth-order valence-corrected chi connectivity index (χ4v) is 3.35. The van der Waals surface area contributed by atoms with Gasteiger partial charge in [0.05, 0.1) is 12.8 Å². The van der Waals surface area contributed by atoms with Gasteiger partial charge in [0.15, 0.2) is 0 Å². The summed E-state index contributed by atoms with van der Waals surface area (Å²) in [7, 11) is 1.66. The van der Waals surface area contributed by atoms with E-state index in [1.54, 1.807) is 7.11 Å². The molecule has 0 spiro atoms. The summed E-state index contributed by atoms with van der Waals surface area (Å²) in [5.41, 5.74) is 4.02. The fraction of sp³-hybridized carbons (Fsp3) is 0.364. The first-order valence-electron chi connectivity index (χ1n) is 9.47. The Bertz CT molecular complexity index is 917. The van der Waals surface area contributed by atoms with Crippen molar-refractivity contribution in [2.45, 2.75) is 39.0 Å². The minimum absolute atomic E-state index is 0.0430. The van der Waals surface area contributed by atoms with Gasteiger partial charge in [0.25, 0.3) is 0 Å². The van der Waals surface area contributed by atoms with Crippen molar-refractivity contribution in [2.75, 3.05) is 13.7 Å². The number of hydrogen-bond donors (Lipinski definition) is 1. The van der Waals surface area contributed by atoms with Gasteiger partial charge < -0.3 is 14.5 Å². The van der Waals surface area contributed by atoms with Gasteiger partial charge in [-0.1, -0.05) is 31.5 Å². The number of methoxy groups -OCH3 is 1. The smallest absolute Gasteiger partial charge is 0.221 e. The second-order valence-electron chi connectivity index (χ2n) is 6.82. The third kappa shape index (κ3) is 4.30.